The van der Waals surface area contributed by atoms with Crippen molar-refractivity contribution in [3.63, 3.8) is 0 Å². The summed E-state index contributed by atoms with van der Waals surface area (Å²) in [6, 6.07) is 7.25. The van der Waals surface area contributed by atoms with Gasteiger partial charge in [-0.1, -0.05) is 6.07 Å². The molecular weight excluding hydrogens is 240 g/mol. The van der Waals surface area contributed by atoms with Crippen LogP contribution in [0.4, 0.5) is 0 Å². The number of nitrogens with two attached hydrogens (primary N) is 1. The summed E-state index contributed by atoms with van der Waals surface area (Å²) in [5, 5.41) is 2.86. The molecule has 0 unspecified atom stereocenters. The molecule has 0 saturated heterocycles. The first-order valence-corrected chi connectivity index (χ1v) is 6.11. The smallest absolute Gasteiger partial charge is 0.251 e. The molecule has 0 aliphatic carbocycles. The molecule has 0 bridgehead atoms. The van der Waals surface area contributed by atoms with Crippen LogP contribution in [0.5, 0.6) is 0 Å². The standard InChI is InChI=1S/C14H16N4O/c15-9-13-8-12(4-7-17-13)14(19)18-6-3-11-2-1-5-16-10-11/h1-2,4-5,7-8,10H,3,6,9,15H2,(H,18,19). The molecule has 5 heteroatoms. The van der Waals surface area contributed by atoms with Gasteiger partial charge in [0.05, 0.1) is 5.69 Å². The zero-order valence-corrected chi connectivity index (χ0v) is 10.5. The number of amides is 1. The normalized spacial score (nSPS) is 10.2. The summed E-state index contributed by atoms with van der Waals surface area (Å²) < 4.78 is 0. The Labute approximate surface area is 111 Å². The highest BCUT2D eigenvalue weighted by Crippen LogP contribution is 2.01. The predicted molar refractivity (Wildman–Crippen MR) is 72.4 cm³/mol. The van der Waals surface area contributed by atoms with Crippen LogP contribution in [0, 0.1) is 0 Å². The minimum absolute atomic E-state index is 0.110. The van der Waals surface area contributed by atoms with Gasteiger partial charge < -0.3 is 11.1 Å². The molecule has 0 fully saturated rings. The summed E-state index contributed by atoms with van der Waals surface area (Å²) in [5.74, 6) is -0.110. The zero-order chi connectivity index (χ0) is 13.5. The van der Waals surface area contributed by atoms with Gasteiger partial charge in [0.15, 0.2) is 0 Å². The first-order valence-electron chi connectivity index (χ1n) is 6.11. The fraction of sp³-hybridized carbons (Fsp3) is 0.214. The van der Waals surface area contributed by atoms with Gasteiger partial charge in [-0.2, -0.15) is 0 Å². The summed E-state index contributed by atoms with van der Waals surface area (Å²) in [4.78, 5) is 20.0. The molecule has 0 aliphatic heterocycles. The van der Waals surface area contributed by atoms with Crippen LogP contribution in [0.3, 0.4) is 0 Å². The highest BCUT2D eigenvalue weighted by Gasteiger charge is 2.05. The molecule has 0 aliphatic rings. The number of pyridine rings is 2. The van der Waals surface area contributed by atoms with Crippen LogP contribution >= 0.6 is 0 Å². The van der Waals surface area contributed by atoms with Crippen LogP contribution in [0.1, 0.15) is 21.6 Å². The van der Waals surface area contributed by atoms with E-state index in [9.17, 15) is 4.79 Å². The van der Waals surface area contributed by atoms with E-state index in [0.717, 1.165) is 12.0 Å². The Balaban J connectivity index is 1.87. The van der Waals surface area contributed by atoms with Crippen molar-refractivity contribution in [1.82, 2.24) is 15.3 Å². The first-order chi connectivity index (χ1) is 9.29. The van der Waals surface area contributed by atoms with E-state index in [1.165, 1.54) is 0 Å². The molecule has 98 valence electrons. The summed E-state index contributed by atoms with van der Waals surface area (Å²) in [7, 11) is 0. The molecule has 2 heterocycles. The van der Waals surface area contributed by atoms with E-state index in [4.69, 9.17) is 5.73 Å². The van der Waals surface area contributed by atoms with Crippen molar-refractivity contribution in [1.29, 1.82) is 0 Å². The van der Waals surface area contributed by atoms with Crippen molar-refractivity contribution in [2.75, 3.05) is 6.54 Å². The lowest BCUT2D eigenvalue weighted by Gasteiger charge is -2.06. The number of carbonyl (C=O) groups is 1. The number of carbonyl (C=O) groups excluding carboxylic acids is 1. The highest BCUT2D eigenvalue weighted by molar-refractivity contribution is 5.94. The van der Waals surface area contributed by atoms with Gasteiger partial charge in [-0.05, 0) is 30.2 Å². The molecule has 0 atom stereocenters. The van der Waals surface area contributed by atoms with Gasteiger partial charge in [-0.25, -0.2) is 0 Å². The van der Waals surface area contributed by atoms with E-state index < -0.39 is 0 Å². The number of hydrogen-bond donors (Lipinski definition) is 2. The van der Waals surface area contributed by atoms with Gasteiger partial charge in [0, 0.05) is 37.2 Å². The number of nitrogens with zero attached hydrogens (tertiary/aromatic N) is 2. The summed E-state index contributed by atoms with van der Waals surface area (Å²) in [5.41, 5.74) is 7.88. The summed E-state index contributed by atoms with van der Waals surface area (Å²) >= 11 is 0. The van der Waals surface area contributed by atoms with Crippen LogP contribution < -0.4 is 11.1 Å². The molecule has 5 nitrogen and oxygen atoms in total. The van der Waals surface area contributed by atoms with Crippen LogP contribution in [0.2, 0.25) is 0 Å². The molecule has 19 heavy (non-hydrogen) atoms. The third-order valence-electron chi connectivity index (χ3n) is 2.71. The fourth-order valence-electron chi connectivity index (χ4n) is 1.70. The van der Waals surface area contributed by atoms with Crippen LogP contribution in [-0.2, 0) is 13.0 Å². The average Bonchev–Trinajstić information content (AvgIpc) is 2.48. The van der Waals surface area contributed by atoms with Gasteiger partial charge in [0.25, 0.3) is 5.91 Å². The predicted octanol–water partition coefficient (Wildman–Crippen LogP) is 0.908. The third-order valence-corrected chi connectivity index (χ3v) is 2.71. The third kappa shape index (κ3) is 3.86. The highest BCUT2D eigenvalue weighted by atomic mass is 16.1. The van der Waals surface area contributed by atoms with Crippen LogP contribution in [0.25, 0.3) is 0 Å². The summed E-state index contributed by atoms with van der Waals surface area (Å²) in [6.45, 7) is 0.904. The molecule has 0 saturated carbocycles. The second kappa shape index (κ2) is 6.61. The van der Waals surface area contributed by atoms with Crippen LogP contribution in [0.15, 0.2) is 42.9 Å². The monoisotopic (exact) mass is 256 g/mol. The van der Waals surface area contributed by atoms with E-state index in [1.54, 1.807) is 30.7 Å². The maximum Gasteiger partial charge on any atom is 0.251 e. The molecule has 1 amide bonds. The van der Waals surface area contributed by atoms with Crippen molar-refractivity contribution < 1.29 is 4.79 Å². The van der Waals surface area contributed by atoms with E-state index in [2.05, 4.69) is 15.3 Å². The Morgan fingerprint density at radius 1 is 1.32 bits per heavy atom. The second-order valence-electron chi connectivity index (χ2n) is 4.11. The Hall–Kier alpha value is -2.27. The molecule has 0 aromatic carbocycles. The minimum Gasteiger partial charge on any atom is -0.352 e. The van der Waals surface area contributed by atoms with Crippen LogP contribution in [-0.4, -0.2) is 22.4 Å². The van der Waals surface area contributed by atoms with Gasteiger partial charge in [0.1, 0.15) is 0 Å². The molecule has 3 N–H and O–H groups in total. The van der Waals surface area contributed by atoms with E-state index in [1.807, 2.05) is 12.1 Å². The SMILES string of the molecule is NCc1cc(C(=O)NCCc2cccnc2)ccn1. The fourth-order valence-corrected chi connectivity index (χ4v) is 1.70. The second-order valence-corrected chi connectivity index (χ2v) is 4.11. The molecule has 2 aromatic rings. The molecule has 2 aromatic heterocycles. The van der Waals surface area contributed by atoms with Gasteiger partial charge in [-0.15, -0.1) is 0 Å². The first kappa shape index (κ1) is 13.2. The lowest BCUT2D eigenvalue weighted by atomic mass is 10.2. The largest absolute Gasteiger partial charge is 0.352 e. The number of nitrogens with one attached hydrogen (secondary N) is 1. The Morgan fingerprint density at radius 3 is 2.95 bits per heavy atom. The van der Waals surface area contributed by atoms with E-state index in [-0.39, 0.29) is 5.91 Å². The maximum absolute atomic E-state index is 11.9. The molecular formula is C14H16N4O. The van der Waals surface area contributed by atoms with Crippen molar-refractivity contribution in [3.05, 3.63) is 59.7 Å². The Kier molecular flexibility index (Phi) is 4.58. The minimum atomic E-state index is -0.110. The van der Waals surface area contributed by atoms with E-state index in [0.29, 0.717) is 24.3 Å². The number of rotatable bonds is 5. The quantitative estimate of drug-likeness (QED) is 0.833. The van der Waals surface area contributed by atoms with Crippen molar-refractivity contribution in [2.45, 2.75) is 13.0 Å². The van der Waals surface area contributed by atoms with Crippen molar-refractivity contribution >= 4 is 5.91 Å². The maximum atomic E-state index is 11.9. The number of aromatic nitrogens is 2. The van der Waals surface area contributed by atoms with Gasteiger partial charge in [0.2, 0.25) is 0 Å². The zero-order valence-electron chi connectivity index (χ0n) is 10.5. The Bertz CT molecular complexity index is 542. The lowest BCUT2D eigenvalue weighted by molar-refractivity contribution is 0.0954. The number of hydrogen-bond acceptors (Lipinski definition) is 4. The van der Waals surface area contributed by atoms with Crippen molar-refractivity contribution in [2.24, 2.45) is 5.73 Å². The van der Waals surface area contributed by atoms with Gasteiger partial charge in [-0.3, -0.25) is 14.8 Å². The Morgan fingerprint density at radius 2 is 2.21 bits per heavy atom. The van der Waals surface area contributed by atoms with E-state index >= 15 is 0 Å². The molecule has 0 radical (unpaired) electrons. The topological polar surface area (TPSA) is 80.9 Å². The summed E-state index contributed by atoms with van der Waals surface area (Å²) in [6.07, 6.45) is 5.88. The lowest BCUT2D eigenvalue weighted by Crippen LogP contribution is -2.26. The van der Waals surface area contributed by atoms with Crippen molar-refractivity contribution in [3.8, 4) is 0 Å². The molecule has 0 spiro atoms. The molecule has 2 rings (SSSR count). The van der Waals surface area contributed by atoms with Gasteiger partial charge >= 0.3 is 0 Å². The average molecular weight is 256 g/mol.